The van der Waals surface area contributed by atoms with Gasteiger partial charge in [-0.05, 0) is 20.3 Å². The van der Waals surface area contributed by atoms with Crippen LogP contribution in [0.15, 0.2) is 10.6 Å². The number of aryl methyl sites for hydroxylation is 1. The topological polar surface area (TPSA) is 75.4 Å². The van der Waals surface area contributed by atoms with Crippen molar-refractivity contribution in [3.05, 3.63) is 17.5 Å². The molecule has 6 nitrogen and oxygen atoms in total. The number of nitrogens with one attached hydrogen (secondary N) is 1. The van der Waals surface area contributed by atoms with E-state index in [-0.39, 0.29) is 17.6 Å². The minimum Gasteiger partial charge on any atom is -0.351 e. The third-order valence-electron chi connectivity index (χ3n) is 2.84. The van der Waals surface area contributed by atoms with E-state index in [0.717, 1.165) is 0 Å². The molecule has 17 heavy (non-hydrogen) atoms. The zero-order valence-corrected chi connectivity index (χ0v) is 9.90. The van der Waals surface area contributed by atoms with E-state index in [9.17, 15) is 9.59 Å². The summed E-state index contributed by atoms with van der Waals surface area (Å²) in [5.74, 6) is -0.274. The van der Waals surface area contributed by atoms with Crippen LogP contribution in [-0.4, -0.2) is 41.0 Å². The number of carbonyl (C=O) groups excluding carboxylic acids is 2. The third-order valence-corrected chi connectivity index (χ3v) is 2.84. The van der Waals surface area contributed by atoms with E-state index in [2.05, 4.69) is 10.5 Å². The van der Waals surface area contributed by atoms with Crippen LogP contribution in [0.1, 0.15) is 29.6 Å². The highest BCUT2D eigenvalue weighted by molar-refractivity contribution is 5.96. The number of hydrogen-bond donors (Lipinski definition) is 1. The Bertz CT molecular complexity index is 441. The van der Waals surface area contributed by atoms with Gasteiger partial charge in [-0.1, -0.05) is 5.16 Å². The molecule has 0 aromatic carbocycles. The number of aromatic nitrogens is 1. The number of likely N-dealkylation sites (N-methyl/N-ethyl adjacent to an activating group) is 1. The van der Waals surface area contributed by atoms with Crippen LogP contribution in [0.4, 0.5) is 0 Å². The molecule has 0 unspecified atom stereocenters. The molecule has 1 fully saturated rings. The first-order valence-electron chi connectivity index (χ1n) is 5.64. The molecule has 0 aliphatic carbocycles. The van der Waals surface area contributed by atoms with Gasteiger partial charge in [-0.3, -0.25) is 9.59 Å². The van der Waals surface area contributed by atoms with Gasteiger partial charge in [0.25, 0.3) is 5.91 Å². The highest BCUT2D eigenvalue weighted by Crippen LogP contribution is 2.11. The van der Waals surface area contributed by atoms with Crippen LogP contribution in [0.25, 0.3) is 0 Å². The fourth-order valence-corrected chi connectivity index (χ4v) is 1.89. The molecule has 92 valence electrons. The van der Waals surface area contributed by atoms with Gasteiger partial charge in [-0.2, -0.15) is 0 Å². The Morgan fingerprint density at radius 3 is 3.00 bits per heavy atom. The summed E-state index contributed by atoms with van der Waals surface area (Å²) in [6.45, 7) is 5.02. The Hall–Kier alpha value is -1.85. The van der Waals surface area contributed by atoms with Crippen LogP contribution >= 0.6 is 0 Å². The van der Waals surface area contributed by atoms with Crippen LogP contribution in [0.5, 0.6) is 0 Å². The van der Waals surface area contributed by atoms with Gasteiger partial charge >= 0.3 is 0 Å². The van der Waals surface area contributed by atoms with Crippen molar-refractivity contribution in [2.75, 3.05) is 13.1 Å². The van der Waals surface area contributed by atoms with Crippen LogP contribution in [0, 0.1) is 6.92 Å². The highest BCUT2D eigenvalue weighted by Gasteiger charge is 2.32. The third kappa shape index (κ3) is 2.30. The molecule has 1 saturated heterocycles. The number of amides is 2. The van der Waals surface area contributed by atoms with Gasteiger partial charge in [-0.25, -0.2) is 0 Å². The van der Waals surface area contributed by atoms with Gasteiger partial charge in [0.05, 0.1) is 5.69 Å². The molecule has 1 aliphatic rings. The summed E-state index contributed by atoms with van der Waals surface area (Å²) in [6, 6.07) is 1.11. The summed E-state index contributed by atoms with van der Waals surface area (Å²) >= 11 is 0. The molecule has 0 spiro atoms. The molecule has 2 amide bonds. The second-order valence-electron chi connectivity index (χ2n) is 4.07. The first-order valence-corrected chi connectivity index (χ1v) is 5.64. The summed E-state index contributed by atoms with van der Waals surface area (Å²) in [7, 11) is 0. The van der Waals surface area contributed by atoms with Gasteiger partial charge < -0.3 is 14.7 Å². The van der Waals surface area contributed by atoms with Gasteiger partial charge in [-0.15, -0.1) is 0 Å². The summed E-state index contributed by atoms with van der Waals surface area (Å²) < 4.78 is 4.84. The van der Waals surface area contributed by atoms with Crippen LogP contribution in [0.2, 0.25) is 0 Å². The first kappa shape index (κ1) is 11.6. The van der Waals surface area contributed by atoms with Crippen molar-refractivity contribution in [2.45, 2.75) is 26.3 Å². The van der Waals surface area contributed by atoms with E-state index >= 15 is 0 Å². The molecule has 1 atom stereocenters. The van der Waals surface area contributed by atoms with Crippen molar-refractivity contribution in [1.82, 2.24) is 15.4 Å². The highest BCUT2D eigenvalue weighted by atomic mass is 16.5. The van der Waals surface area contributed by atoms with Crippen molar-refractivity contribution in [3.8, 4) is 0 Å². The summed E-state index contributed by atoms with van der Waals surface area (Å²) in [6.07, 6.45) is 0.644. The lowest BCUT2D eigenvalue weighted by Crippen LogP contribution is -2.41. The summed E-state index contributed by atoms with van der Waals surface area (Å²) in [4.78, 5) is 25.2. The zero-order chi connectivity index (χ0) is 12.4. The van der Waals surface area contributed by atoms with Crippen molar-refractivity contribution >= 4 is 11.8 Å². The Morgan fingerprint density at radius 1 is 1.71 bits per heavy atom. The largest absolute Gasteiger partial charge is 0.351 e. The lowest BCUT2D eigenvalue weighted by atomic mass is 10.2. The SMILES string of the molecule is CCN1CC[C@H](NC(=O)c2cc(C)no2)C1=O. The van der Waals surface area contributed by atoms with Crippen molar-refractivity contribution in [2.24, 2.45) is 0 Å². The zero-order valence-electron chi connectivity index (χ0n) is 9.90. The molecule has 2 heterocycles. The lowest BCUT2D eigenvalue weighted by Gasteiger charge is -2.13. The fourth-order valence-electron chi connectivity index (χ4n) is 1.89. The quantitative estimate of drug-likeness (QED) is 0.822. The van der Waals surface area contributed by atoms with E-state index in [1.165, 1.54) is 0 Å². The van der Waals surface area contributed by atoms with Crippen molar-refractivity contribution < 1.29 is 14.1 Å². The van der Waals surface area contributed by atoms with E-state index < -0.39 is 6.04 Å². The number of carbonyl (C=O) groups is 2. The minimum atomic E-state index is -0.437. The molecular formula is C11H15N3O3. The Morgan fingerprint density at radius 2 is 2.47 bits per heavy atom. The molecule has 1 aliphatic heterocycles. The lowest BCUT2D eigenvalue weighted by molar-refractivity contribution is -0.129. The van der Waals surface area contributed by atoms with Crippen LogP contribution in [0.3, 0.4) is 0 Å². The van der Waals surface area contributed by atoms with Crippen molar-refractivity contribution in [3.63, 3.8) is 0 Å². The van der Waals surface area contributed by atoms with Gasteiger partial charge in [0.15, 0.2) is 0 Å². The maximum absolute atomic E-state index is 11.8. The standard InChI is InChI=1S/C11H15N3O3/c1-3-14-5-4-8(11(14)16)12-10(15)9-6-7(2)13-17-9/h6,8H,3-5H2,1-2H3,(H,12,15)/t8-/m0/s1. The van der Waals surface area contributed by atoms with Crippen molar-refractivity contribution in [1.29, 1.82) is 0 Å². The minimum absolute atomic E-state index is 0.0305. The van der Waals surface area contributed by atoms with E-state index in [4.69, 9.17) is 4.52 Å². The van der Waals surface area contributed by atoms with E-state index in [1.807, 2.05) is 6.92 Å². The van der Waals surface area contributed by atoms with E-state index in [1.54, 1.807) is 17.9 Å². The molecule has 1 aromatic rings. The summed E-state index contributed by atoms with van der Waals surface area (Å²) in [5.41, 5.74) is 0.642. The maximum Gasteiger partial charge on any atom is 0.290 e. The fraction of sp³-hybridized carbons (Fsp3) is 0.545. The summed E-state index contributed by atoms with van der Waals surface area (Å²) in [5, 5.41) is 6.29. The molecule has 0 radical (unpaired) electrons. The molecule has 6 heteroatoms. The number of likely N-dealkylation sites (tertiary alicyclic amines) is 1. The van der Waals surface area contributed by atoms with Gasteiger partial charge in [0, 0.05) is 19.2 Å². The average Bonchev–Trinajstić information content (AvgIpc) is 2.87. The number of nitrogens with zero attached hydrogens (tertiary/aromatic N) is 2. The van der Waals surface area contributed by atoms with Crippen LogP contribution < -0.4 is 5.32 Å². The molecule has 2 rings (SSSR count). The van der Waals surface area contributed by atoms with Gasteiger partial charge in [0.1, 0.15) is 6.04 Å². The average molecular weight is 237 g/mol. The second-order valence-corrected chi connectivity index (χ2v) is 4.07. The second kappa shape index (κ2) is 4.57. The number of rotatable bonds is 3. The Kier molecular flexibility index (Phi) is 3.12. The number of hydrogen-bond acceptors (Lipinski definition) is 4. The predicted octanol–water partition coefficient (Wildman–Crippen LogP) is 0.334. The first-order chi connectivity index (χ1) is 8.11. The smallest absolute Gasteiger partial charge is 0.290 e. The molecule has 1 N–H and O–H groups in total. The van der Waals surface area contributed by atoms with Gasteiger partial charge in [0.2, 0.25) is 11.7 Å². The monoisotopic (exact) mass is 237 g/mol. The van der Waals surface area contributed by atoms with Crippen LogP contribution in [-0.2, 0) is 4.79 Å². The molecule has 0 saturated carbocycles. The normalized spacial score (nSPS) is 19.8. The molecule has 0 bridgehead atoms. The Labute approximate surface area is 98.9 Å². The molecular weight excluding hydrogens is 222 g/mol. The molecule has 1 aromatic heterocycles. The predicted molar refractivity (Wildman–Crippen MR) is 59.4 cm³/mol. The Balaban J connectivity index is 1.98. The van der Waals surface area contributed by atoms with E-state index in [0.29, 0.717) is 25.2 Å². The maximum atomic E-state index is 11.8.